The number of benzene rings is 1. The Morgan fingerprint density at radius 2 is 1.70 bits per heavy atom. The zero-order valence-electron chi connectivity index (χ0n) is 14.1. The monoisotopic (exact) mass is 422 g/mol. The molecule has 1 unspecified atom stereocenters. The molecule has 1 atom stereocenters. The first-order chi connectivity index (χ1) is 9.24. The molecule has 0 amide bonds. The van der Waals surface area contributed by atoms with Crippen LogP contribution >= 0.6 is 0 Å². The second-order valence-electron chi connectivity index (χ2n) is 5.64. The first-order valence-electron chi connectivity index (χ1n) is 7.62. The van der Waals surface area contributed by atoms with Crippen LogP contribution in [0.2, 0.25) is 0 Å². The van der Waals surface area contributed by atoms with Gasteiger partial charge in [-0.1, -0.05) is 87.9 Å². The van der Waals surface area contributed by atoms with Gasteiger partial charge in [0, 0.05) is 0 Å². The summed E-state index contributed by atoms with van der Waals surface area (Å²) in [6.07, 6.45) is 8.76. The van der Waals surface area contributed by atoms with E-state index in [1.807, 2.05) is 0 Å². The molecule has 2 rings (SSSR count). The van der Waals surface area contributed by atoms with Gasteiger partial charge in [-0.3, -0.25) is 6.08 Å². The zero-order valence-corrected chi connectivity index (χ0v) is 19.4. The third-order valence-electron chi connectivity index (χ3n) is 4.04. The number of halogens is 3. The van der Waals surface area contributed by atoms with Crippen molar-refractivity contribution in [2.75, 3.05) is 0 Å². The molecular formula is C18H25Cl3SiTi. The summed E-state index contributed by atoms with van der Waals surface area (Å²) in [6, 6.07) is 11.0. The molecule has 0 bridgehead atoms. The Morgan fingerprint density at radius 3 is 2.22 bits per heavy atom. The molecule has 1 aromatic rings. The van der Waals surface area contributed by atoms with Crippen molar-refractivity contribution in [3.8, 4) is 0 Å². The Kier molecular flexibility index (Phi) is 18.2. The smallest absolute Gasteiger partial charge is 1.00 e. The molecule has 0 saturated carbocycles. The van der Waals surface area contributed by atoms with E-state index >= 15 is 0 Å². The van der Waals surface area contributed by atoms with Gasteiger partial charge in [0.25, 0.3) is 0 Å². The van der Waals surface area contributed by atoms with Crippen molar-refractivity contribution in [2.24, 2.45) is 5.92 Å². The van der Waals surface area contributed by atoms with Crippen LogP contribution in [-0.2, 0) is 21.7 Å². The Morgan fingerprint density at radius 1 is 1.09 bits per heavy atom. The predicted octanol–water partition coefficient (Wildman–Crippen LogP) is -5.28. The van der Waals surface area contributed by atoms with Gasteiger partial charge in [-0.05, 0) is 0 Å². The maximum absolute atomic E-state index is 3.78. The van der Waals surface area contributed by atoms with Gasteiger partial charge < -0.3 is 37.2 Å². The van der Waals surface area contributed by atoms with Crippen molar-refractivity contribution in [3.63, 3.8) is 0 Å². The first-order valence-corrected chi connectivity index (χ1v) is 9.03. The van der Waals surface area contributed by atoms with Gasteiger partial charge in [-0.25, -0.2) is 11.1 Å². The van der Waals surface area contributed by atoms with Crippen LogP contribution in [0.4, 0.5) is 0 Å². The fourth-order valence-electron chi connectivity index (χ4n) is 2.83. The molecule has 0 aromatic heterocycles. The van der Waals surface area contributed by atoms with E-state index in [9.17, 15) is 0 Å². The summed E-state index contributed by atoms with van der Waals surface area (Å²) >= 11 is 0. The Labute approximate surface area is 177 Å². The van der Waals surface area contributed by atoms with Gasteiger partial charge in [0.2, 0.25) is 0 Å². The van der Waals surface area contributed by atoms with E-state index in [0.29, 0.717) is 5.92 Å². The normalized spacial score (nSPS) is 14.3. The summed E-state index contributed by atoms with van der Waals surface area (Å²) in [4.78, 5) is 0. The van der Waals surface area contributed by atoms with Crippen LogP contribution in [0.1, 0.15) is 46.5 Å². The molecule has 0 heterocycles. The van der Waals surface area contributed by atoms with Crippen LogP contribution in [0, 0.1) is 12.0 Å². The number of allylic oxidation sites excluding steroid dienone is 4. The summed E-state index contributed by atoms with van der Waals surface area (Å²) in [5.41, 5.74) is 3.22. The van der Waals surface area contributed by atoms with Crippen LogP contribution < -0.4 is 42.4 Å². The quantitative estimate of drug-likeness (QED) is 0.317. The van der Waals surface area contributed by atoms with Crippen LogP contribution in [-0.4, -0.2) is 9.52 Å². The maximum Gasteiger partial charge on any atom is 4.00 e. The fraction of sp³-hybridized carbons (Fsp3) is 0.444. The average molecular weight is 424 g/mol. The van der Waals surface area contributed by atoms with Crippen molar-refractivity contribution in [1.82, 2.24) is 0 Å². The molecule has 0 fully saturated rings. The molecule has 0 saturated heterocycles. The summed E-state index contributed by atoms with van der Waals surface area (Å²) in [6.45, 7) is 6.92. The molecular weight excluding hydrogens is 399 g/mol. The molecule has 0 aliphatic heterocycles. The first kappa shape index (κ1) is 28.3. The molecule has 0 spiro atoms. The topological polar surface area (TPSA) is 0 Å². The van der Waals surface area contributed by atoms with Gasteiger partial charge in [-0.15, -0.1) is 0 Å². The summed E-state index contributed by atoms with van der Waals surface area (Å²) < 4.78 is 0. The molecule has 1 aliphatic carbocycles. The van der Waals surface area contributed by atoms with Gasteiger partial charge in [0.15, 0.2) is 0 Å². The molecule has 23 heavy (non-hydrogen) atoms. The molecule has 0 radical (unpaired) electrons. The third-order valence-corrected chi connectivity index (χ3v) is 5.77. The minimum atomic E-state index is -0.291. The minimum Gasteiger partial charge on any atom is -1.00 e. The van der Waals surface area contributed by atoms with Crippen molar-refractivity contribution < 1.29 is 58.9 Å². The van der Waals surface area contributed by atoms with Crippen molar-refractivity contribution in [3.05, 3.63) is 52.8 Å². The molecule has 1 aromatic carbocycles. The largest absolute Gasteiger partial charge is 4.00 e. The molecule has 5 heteroatoms. The van der Waals surface area contributed by atoms with Crippen molar-refractivity contribution in [2.45, 2.75) is 46.5 Å². The summed E-state index contributed by atoms with van der Waals surface area (Å²) in [7, 11) is -0.291. The van der Waals surface area contributed by atoms with E-state index < -0.39 is 0 Å². The molecule has 0 nitrogen and oxygen atoms in total. The van der Waals surface area contributed by atoms with Crippen LogP contribution in [0.3, 0.4) is 0 Å². The Hall–Kier alpha value is 0.501. The van der Waals surface area contributed by atoms with E-state index in [1.165, 1.54) is 25.7 Å². The van der Waals surface area contributed by atoms with Gasteiger partial charge in [-0.2, -0.15) is 5.20 Å². The molecule has 1 aliphatic rings. The van der Waals surface area contributed by atoms with E-state index in [1.54, 1.807) is 21.5 Å². The second-order valence-corrected chi connectivity index (χ2v) is 7.67. The maximum atomic E-state index is 3.78. The second kappa shape index (κ2) is 14.8. The van der Waals surface area contributed by atoms with Crippen molar-refractivity contribution in [1.29, 1.82) is 0 Å². The van der Waals surface area contributed by atoms with Gasteiger partial charge >= 0.3 is 21.7 Å². The van der Waals surface area contributed by atoms with E-state index in [-0.39, 0.29) is 68.5 Å². The zero-order chi connectivity index (χ0) is 13.7. The van der Waals surface area contributed by atoms with Crippen molar-refractivity contribution >= 4 is 14.7 Å². The van der Waals surface area contributed by atoms with E-state index in [2.05, 4.69) is 57.2 Å². The van der Waals surface area contributed by atoms with Crippen LogP contribution in [0.15, 0.2) is 46.7 Å². The van der Waals surface area contributed by atoms with Crippen LogP contribution in [0.5, 0.6) is 0 Å². The van der Waals surface area contributed by atoms with Gasteiger partial charge in [0.05, 0.1) is 9.52 Å². The fourth-order valence-corrected chi connectivity index (χ4v) is 4.53. The van der Waals surface area contributed by atoms with Crippen LogP contribution in [0.25, 0.3) is 0 Å². The molecule has 0 N–H and O–H groups in total. The Balaban J connectivity index is -0.000001000. The predicted molar refractivity (Wildman–Crippen MR) is 87.4 cm³/mol. The SMILES string of the molecule is CCCC1=C(C(C)CC)[C-]=C([SiH2]c2ccccc2)C1.[Cl-].[Cl-].[Cl-].[Ti+4]. The van der Waals surface area contributed by atoms with E-state index in [4.69, 9.17) is 0 Å². The number of hydrogen-bond donors (Lipinski definition) is 0. The number of rotatable bonds is 6. The average Bonchev–Trinajstić information content (AvgIpc) is 2.82. The van der Waals surface area contributed by atoms with Gasteiger partial charge in [0.1, 0.15) is 0 Å². The summed E-state index contributed by atoms with van der Waals surface area (Å²) in [5, 5.41) is 3.16. The molecule has 126 valence electrons. The summed E-state index contributed by atoms with van der Waals surface area (Å²) in [5.74, 6) is 0.684. The minimum absolute atomic E-state index is 0. The Bertz CT molecular complexity index is 486. The standard InChI is InChI=1S/C18H25Si.3ClH.Ti/c1-4-9-15-12-17(13-18(15)14(3)5-2)19-16-10-7-6-8-11-16;;;;/h6-8,10-11,14H,4-5,9,12,19H2,1-3H3;3*1H;/q-1;;;;+4/p-3. The third kappa shape index (κ3) is 8.43. The van der Waals surface area contributed by atoms with E-state index in [0.717, 1.165) is 0 Å². The number of hydrogen-bond acceptors (Lipinski definition) is 0.